The second-order valence-corrected chi connectivity index (χ2v) is 6.74. The summed E-state index contributed by atoms with van der Waals surface area (Å²) in [6.07, 6.45) is -4.63. The molecule has 174 valence electrons. The van der Waals surface area contributed by atoms with E-state index in [1.807, 2.05) is 6.92 Å². The van der Waals surface area contributed by atoms with Crippen LogP contribution in [-0.2, 0) is 0 Å². The zero-order valence-corrected chi connectivity index (χ0v) is 16.5. The van der Waals surface area contributed by atoms with Gasteiger partial charge < -0.3 is 5.11 Å². The van der Waals surface area contributed by atoms with Crippen LogP contribution >= 0.6 is 0 Å². The first-order valence-corrected chi connectivity index (χ1v) is 9.33. The number of aliphatic hydroxyl groups is 1. The first-order chi connectivity index (χ1) is 14.3. The van der Waals surface area contributed by atoms with Gasteiger partial charge in [-0.1, -0.05) is 38.3 Å². The number of unbranched alkanes of at least 4 members (excludes halogenated alkanes) is 3. The fraction of sp³-hybridized carbons (Fsp3) is 0.476. The summed E-state index contributed by atoms with van der Waals surface area (Å²) in [4.78, 5) is 0. The largest absolute Gasteiger partial charge is 0.460 e. The number of rotatable bonds is 10. The van der Waals surface area contributed by atoms with Gasteiger partial charge in [-0.05, 0) is 42.2 Å². The van der Waals surface area contributed by atoms with Crippen molar-refractivity contribution in [2.75, 3.05) is 6.61 Å². The van der Waals surface area contributed by atoms with E-state index in [0.29, 0.717) is 6.42 Å². The molecule has 1 rings (SSSR count). The van der Waals surface area contributed by atoms with Crippen LogP contribution in [0.15, 0.2) is 47.5 Å². The maximum absolute atomic E-state index is 14.0. The number of aliphatic hydroxyl groups excluding tert-OH is 1. The van der Waals surface area contributed by atoms with Crippen LogP contribution in [0, 0.1) is 5.82 Å². The van der Waals surface area contributed by atoms with E-state index >= 15 is 0 Å². The van der Waals surface area contributed by atoms with E-state index in [0.717, 1.165) is 25.0 Å². The number of benzene rings is 1. The van der Waals surface area contributed by atoms with E-state index in [9.17, 15) is 44.6 Å². The molecule has 1 aromatic carbocycles. The Morgan fingerprint density at radius 1 is 0.968 bits per heavy atom. The van der Waals surface area contributed by atoms with Crippen LogP contribution < -0.4 is 0 Å². The average molecular weight is 460 g/mol. The highest BCUT2D eigenvalue weighted by Crippen LogP contribution is 2.50. The first-order valence-electron chi connectivity index (χ1n) is 9.33. The third-order valence-corrected chi connectivity index (χ3v) is 4.31. The summed E-state index contributed by atoms with van der Waals surface area (Å²) in [6, 6.07) is 4.44. The fourth-order valence-corrected chi connectivity index (χ4v) is 2.53. The Bertz CT molecular complexity index is 814. The van der Waals surface area contributed by atoms with Crippen LogP contribution in [0.2, 0.25) is 0 Å². The number of allylic oxidation sites excluding steroid dienone is 2. The van der Waals surface area contributed by atoms with Gasteiger partial charge in [0, 0.05) is 5.57 Å². The van der Waals surface area contributed by atoms with Crippen molar-refractivity contribution in [3.8, 4) is 0 Å². The van der Waals surface area contributed by atoms with Crippen LogP contribution in [0.3, 0.4) is 0 Å². The van der Waals surface area contributed by atoms with Crippen molar-refractivity contribution in [1.29, 1.82) is 0 Å². The highest BCUT2D eigenvalue weighted by atomic mass is 19.4. The lowest BCUT2D eigenvalue weighted by molar-refractivity contribution is -0.347. The SMILES string of the molecule is CCCCCCC(=C=C(CO)c1ccc(F)cc1)/C=C(\F)C(F)(F)C(F)(F)C(F)(F)F. The molecule has 31 heavy (non-hydrogen) atoms. The summed E-state index contributed by atoms with van der Waals surface area (Å²) in [5, 5.41) is 9.50. The number of hydrogen-bond donors (Lipinski definition) is 1. The van der Waals surface area contributed by atoms with Gasteiger partial charge in [-0.15, -0.1) is 5.73 Å². The molecule has 0 spiro atoms. The van der Waals surface area contributed by atoms with Gasteiger partial charge in [0.25, 0.3) is 0 Å². The molecule has 10 heteroatoms. The minimum Gasteiger partial charge on any atom is -0.391 e. The standard InChI is InChI=1S/C21H21F9O/c1-2-3-4-5-6-14(11-16(13-31)15-7-9-17(22)10-8-15)12-18(23)19(24,25)20(26,27)21(28,29)30/h7-10,12,31H,2-6,13H2,1H3/b18-12-. The van der Waals surface area contributed by atoms with Gasteiger partial charge in [0.2, 0.25) is 0 Å². The van der Waals surface area contributed by atoms with E-state index in [4.69, 9.17) is 0 Å². The second-order valence-electron chi connectivity index (χ2n) is 6.74. The Morgan fingerprint density at radius 2 is 1.55 bits per heavy atom. The molecule has 0 aliphatic rings. The van der Waals surface area contributed by atoms with E-state index in [2.05, 4.69) is 5.73 Å². The Kier molecular flexibility index (Phi) is 9.44. The lowest BCUT2D eigenvalue weighted by Crippen LogP contribution is -2.52. The monoisotopic (exact) mass is 460 g/mol. The average Bonchev–Trinajstić information content (AvgIpc) is 2.68. The lowest BCUT2D eigenvalue weighted by Gasteiger charge is -2.27. The van der Waals surface area contributed by atoms with E-state index in [-0.39, 0.29) is 30.1 Å². The molecule has 0 saturated heterocycles. The predicted octanol–water partition coefficient (Wildman–Crippen LogP) is 7.38. The summed E-state index contributed by atoms with van der Waals surface area (Å²) >= 11 is 0. The van der Waals surface area contributed by atoms with Gasteiger partial charge in [0.05, 0.1) is 6.61 Å². The van der Waals surface area contributed by atoms with Gasteiger partial charge in [0.15, 0.2) is 5.83 Å². The van der Waals surface area contributed by atoms with Crippen molar-refractivity contribution in [3.63, 3.8) is 0 Å². The normalized spacial score (nSPS) is 13.2. The first kappa shape index (κ1) is 26.8. The van der Waals surface area contributed by atoms with Crippen molar-refractivity contribution in [2.24, 2.45) is 0 Å². The van der Waals surface area contributed by atoms with Gasteiger partial charge in [0.1, 0.15) is 5.82 Å². The maximum atomic E-state index is 14.0. The molecule has 0 amide bonds. The van der Waals surface area contributed by atoms with Crippen LogP contribution in [0.1, 0.15) is 44.6 Å². The molecule has 0 aliphatic heterocycles. The van der Waals surface area contributed by atoms with Crippen LogP contribution in [0.25, 0.3) is 5.57 Å². The quantitative estimate of drug-likeness (QED) is 0.167. The second kappa shape index (κ2) is 10.9. The van der Waals surface area contributed by atoms with Crippen molar-refractivity contribution in [1.82, 2.24) is 0 Å². The van der Waals surface area contributed by atoms with Crippen molar-refractivity contribution in [3.05, 3.63) is 58.9 Å². The lowest BCUT2D eigenvalue weighted by atomic mass is 10.0. The van der Waals surface area contributed by atoms with Crippen molar-refractivity contribution < 1.29 is 44.6 Å². The summed E-state index contributed by atoms with van der Waals surface area (Å²) in [5.74, 6) is -16.4. The Balaban J connectivity index is 3.49. The van der Waals surface area contributed by atoms with Crippen LogP contribution in [-0.4, -0.2) is 29.7 Å². The zero-order valence-electron chi connectivity index (χ0n) is 16.5. The highest BCUT2D eigenvalue weighted by molar-refractivity contribution is 5.66. The molecule has 1 aromatic rings. The number of halogens is 9. The number of hydrogen-bond acceptors (Lipinski definition) is 1. The van der Waals surface area contributed by atoms with Gasteiger partial charge in [-0.25, -0.2) is 8.78 Å². The molecule has 0 atom stereocenters. The van der Waals surface area contributed by atoms with E-state index < -0.39 is 41.8 Å². The maximum Gasteiger partial charge on any atom is 0.460 e. The Labute approximate surface area is 173 Å². The molecule has 0 heterocycles. The van der Waals surface area contributed by atoms with Gasteiger partial charge in [-0.2, -0.15) is 30.7 Å². The molecule has 1 N–H and O–H groups in total. The summed E-state index contributed by atoms with van der Waals surface area (Å²) in [6.45, 7) is 1.11. The molecule has 0 aromatic heterocycles. The van der Waals surface area contributed by atoms with Crippen LogP contribution in [0.5, 0.6) is 0 Å². The molecule has 1 nitrogen and oxygen atoms in total. The highest BCUT2D eigenvalue weighted by Gasteiger charge is 2.74. The molecule has 0 bridgehead atoms. The third kappa shape index (κ3) is 6.90. The van der Waals surface area contributed by atoms with Crippen molar-refractivity contribution >= 4 is 5.57 Å². The fourth-order valence-electron chi connectivity index (χ4n) is 2.53. The minimum atomic E-state index is -6.67. The zero-order chi connectivity index (χ0) is 23.9. The summed E-state index contributed by atoms with van der Waals surface area (Å²) in [7, 11) is 0. The van der Waals surface area contributed by atoms with Crippen molar-refractivity contribution in [2.45, 2.75) is 57.0 Å². The smallest absolute Gasteiger partial charge is 0.391 e. The van der Waals surface area contributed by atoms with Gasteiger partial charge >= 0.3 is 18.0 Å². The third-order valence-electron chi connectivity index (χ3n) is 4.31. The molecule has 0 fully saturated rings. The summed E-state index contributed by atoms with van der Waals surface area (Å²) < 4.78 is 118. The topological polar surface area (TPSA) is 20.2 Å². The molecule has 0 radical (unpaired) electrons. The summed E-state index contributed by atoms with van der Waals surface area (Å²) in [5.41, 5.74) is 2.02. The molecule has 0 saturated carbocycles. The minimum absolute atomic E-state index is 0.111. The predicted molar refractivity (Wildman–Crippen MR) is 97.8 cm³/mol. The molecular formula is C21H21F9O. The molecular weight excluding hydrogens is 439 g/mol. The van der Waals surface area contributed by atoms with E-state index in [1.165, 1.54) is 12.1 Å². The molecule has 0 unspecified atom stereocenters. The van der Waals surface area contributed by atoms with Crippen LogP contribution in [0.4, 0.5) is 39.5 Å². The number of alkyl halides is 7. The van der Waals surface area contributed by atoms with Gasteiger partial charge in [-0.3, -0.25) is 0 Å². The Morgan fingerprint density at radius 3 is 2.03 bits per heavy atom. The Hall–Kier alpha value is -2.19. The molecule has 0 aliphatic carbocycles. The van der Waals surface area contributed by atoms with E-state index in [1.54, 1.807) is 0 Å².